The van der Waals surface area contributed by atoms with Crippen molar-refractivity contribution in [1.82, 2.24) is 10.2 Å². The molecule has 0 aliphatic rings. The second-order valence-corrected chi connectivity index (χ2v) is 10.4. The monoisotopic (exact) mass is 574 g/mol. The van der Waals surface area contributed by atoms with Crippen LogP contribution in [0.4, 0.5) is 0 Å². The fourth-order valence-corrected chi connectivity index (χ4v) is 4.58. The average Bonchev–Trinajstić information content (AvgIpc) is 2.91. The number of hydrogen-bond donors (Lipinski definition) is 1. The molecule has 3 aromatic carbocycles. The standard InChI is InChI=1S/C30H33Cl3N2O3/c1-3-21(2)34-30(37)28(19-22-9-5-4-6-10-22)35(20-25-26(32)11-7-12-27(25)33)29(36)13-8-18-38-24-16-14-23(31)15-17-24/h4-7,9-12,14-17,21,28H,3,8,13,18-20H2,1-2H3,(H,34,37)/t21-,28-/m1/s1. The molecule has 0 spiro atoms. The van der Waals surface area contributed by atoms with E-state index in [0.717, 1.165) is 12.0 Å². The molecule has 0 unspecified atom stereocenters. The first-order chi connectivity index (χ1) is 18.3. The number of amides is 2. The van der Waals surface area contributed by atoms with Crippen LogP contribution in [0.2, 0.25) is 15.1 Å². The highest BCUT2D eigenvalue weighted by Crippen LogP contribution is 2.28. The highest BCUT2D eigenvalue weighted by molar-refractivity contribution is 6.36. The SMILES string of the molecule is CC[C@@H](C)NC(=O)[C@@H](Cc1ccccc1)N(Cc1c(Cl)cccc1Cl)C(=O)CCCOc1ccc(Cl)cc1. The lowest BCUT2D eigenvalue weighted by Crippen LogP contribution is -2.52. The number of carbonyl (C=O) groups excluding carboxylic acids is 2. The van der Waals surface area contributed by atoms with Crippen molar-refractivity contribution in [2.75, 3.05) is 6.61 Å². The van der Waals surface area contributed by atoms with Gasteiger partial charge in [0.15, 0.2) is 0 Å². The summed E-state index contributed by atoms with van der Waals surface area (Å²) in [5.74, 6) is 0.287. The lowest BCUT2D eigenvalue weighted by Gasteiger charge is -2.33. The summed E-state index contributed by atoms with van der Waals surface area (Å²) in [6.45, 7) is 4.41. The lowest BCUT2D eigenvalue weighted by atomic mass is 10.0. The van der Waals surface area contributed by atoms with E-state index in [1.807, 2.05) is 44.2 Å². The van der Waals surface area contributed by atoms with Crippen molar-refractivity contribution in [1.29, 1.82) is 0 Å². The van der Waals surface area contributed by atoms with Crippen molar-refractivity contribution in [3.63, 3.8) is 0 Å². The molecule has 0 saturated heterocycles. The van der Waals surface area contributed by atoms with E-state index in [2.05, 4.69) is 5.32 Å². The van der Waals surface area contributed by atoms with E-state index in [1.165, 1.54) is 0 Å². The summed E-state index contributed by atoms with van der Waals surface area (Å²) in [7, 11) is 0. The molecule has 1 N–H and O–H groups in total. The van der Waals surface area contributed by atoms with E-state index >= 15 is 0 Å². The minimum atomic E-state index is -0.747. The summed E-state index contributed by atoms with van der Waals surface area (Å²) in [5.41, 5.74) is 1.56. The highest BCUT2D eigenvalue weighted by atomic mass is 35.5. The Bertz CT molecular complexity index is 1170. The van der Waals surface area contributed by atoms with Crippen molar-refractivity contribution >= 4 is 46.6 Å². The first kappa shape index (κ1) is 29.8. The average molecular weight is 576 g/mol. The summed E-state index contributed by atoms with van der Waals surface area (Å²) in [4.78, 5) is 28.9. The Morgan fingerprint density at radius 2 is 1.58 bits per heavy atom. The Hall–Kier alpha value is -2.73. The normalized spacial score (nSPS) is 12.4. The number of hydrogen-bond acceptors (Lipinski definition) is 3. The maximum absolute atomic E-state index is 13.7. The van der Waals surface area contributed by atoms with E-state index in [9.17, 15) is 9.59 Å². The molecule has 0 fully saturated rings. The lowest BCUT2D eigenvalue weighted by molar-refractivity contribution is -0.141. The van der Waals surface area contributed by atoms with Crippen molar-refractivity contribution in [2.24, 2.45) is 0 Å². The number of carbonyl (C=O) groups is 2. The molecule has 3 rings (SSSR count). The summed E-state index contributed by atoms with van der Waals surface area (Å²) < 4.78 is 5.77. The number of nitrogens with one attached hydrogen (secondary N) is 1. The number of ether oxygens (including phenoxy) is 1. The van der Waals surface area contributed by atoms with E-state index in [-0.39, 0.29) is 30.8 Å². The molecular weight excluding hydrogens is 543 g/mol. The van der Waals surface area contributed by atoms with Crippen molar-refractivity contribution in [2.45, 2.75) is 58.2 Å². The van der Waals surface area contributed by atoms with Gasteiger partial charge in [-0.15, -0.1) is 0 Å². The zero-order valence-electron chi connectivity index (χ0n) is 21.6. The van der Waals surface area contributed by atoms with Crippen LogP contribution in [0.15, 0.2) is 72.8 Å². The van der Waals surface area contributed by atoms with Crippen molar-refractivity contribution in [3.05, 3.63) is 99.0 Å². The Labute approximate surface area is 240 Å². The van der Waals surface area contributed by atoms with Gasteiger partial charge in [0.25, 0.3) is 0 Å². The fourth-order valence-electron chi connectivity index (χ4n) is 3.94. The fraction of sp³-hybridized carbons (Fsp3) is 0.333. The van der Waals surface area contributed by atoms with Crippen molar-refractivity contribution in [3.8, 4) is 5.75 Å². The molecule has 0 aliphatic heterocycles. The van der Waals surface area contributed by atoms with Gasteiger partial charge in [0.1, 0.15) is 11.8 Å². The molecule has 0 aromatic heterocycles. The van der Waals surface area contributed by atoms with Crippen LogP contribution in [0.5, 0.6) is 5.75 Å². The van der Waals surface area contributed by atoms with Crippen LogP contribution >= 0.6 is 34.8 Å². The van der Waals surface area contributed by atoms with Gasteiger partial charge in [-0.1, -0.05) is 78.1 Å². The number of rotatable bonds is 13. The van der Waals surface area contributed by atoms with Gasteiger partial charge in [-0.2, -0.15) is 0 Å². The largest absolute Gasteiger partial charge is 0.494 e. The van der Waals surface area contributed by atoms with E-state index in [0.29, 0.717) is 45.8 Å². The Balaban J connectivity index is 1.84. The predicted molar refractivity (Wildman–Crippen MR) is 155 cm³/mol. The van der Waals surface area contributed by atoms with Gasteiger partial charge in [-0.25, -0.2) is 0 Å². The van der Waals surface area contributed by atoms with Gasteiger partial charge in [0.2, 0.25) is 11.8 Å². The smallest absolute Gasteiger partial charge is 0.243 e. The second-order valence-electron chi connectivity index (χ2n) is 9.15. The maximum Gasteiger partial charge on any atom is 0.243 e. The minimum Gasteiger partial charge on any atom is -0.494 e. The molecule has 5 nitrogen and oxygen atoms in total. The zero-order valence-corrected chi connectivity index (χ0v) is 23.9. The van der Waals surface area contributed by atoms with Gasteiger partial charge in [0, 0.05) is 46.1 Å². The van der Waals surface area contributed by atoms with Gasteiger partial charge in [0.05, 0.1) is 6.61 Å². The maximum atomic E-state index is 13.7. The third-order valence-corrected chi connectivity index (χ3v) is 7.24. The highest BCUT2D eigenvalue weighted by Gasteiger charge is 2.31. The van der Waals surface area contributed by atoms with E-state index < -0.39 is 6.04 Å². The molecule has 0 aliphatic carbocycles. The Kier molecular flexibility index (Phi) is 11.8. The molecule has 2 amide bonds. The first-order valence-corrected chi connectivity index (χ1v) is 13.9. The number of benzene rings is 3. The van der Waals surface area contributed by atoms with Gasteiger partial charge >= 0.3 is 0 Å². The molecule has 3 aromatic rings. The molecule has 0 saturated carbocycles. The molecular formula is C30H33Cl3N2O3. The molecule has 0 bridgehead atoms. The van der Waals surface area contributed by atoms with Crippen LogP contribution in [0.1, 0.15) is 44.2 Å². The van der Waals surface area contributed by atoms with E-state index in [4.69, 9.17) is 39.5 Å². The molecule has 202 valence electrons. The number of nitrogens with zero attached hydrogens (tertiary/aromatic N) is 1. The first-order valence-electron chi connectivity index (χ1n) is 12.7. The Morgan fingerprint density at radius 1 is 0.921 bits per heavy atom. The molecule has 38 heavy (non-hydrogen) atoms. The van der Waals surface area contributed by atoms with Crippen LogP contribution in [0.25, 0.3) is 0 Å². The molecule has 0 heterocycles. The van der Waals surface area contributed by atoms with Crippen LogP contribution in [0.3, 0.4) is 0 Å². The summed E-state index contributed by atoms with van der Waals surface area (Å²) in [6.07, 6.45) is 1.80. The summed E-state index contributed by atoms with van der Waals surface area (Å²) in [5, 5.41) is 4.58. The quantitative estimate of drug-likeness (QED) is 0.217. The second kappa shape index (κ2) is 15.0. The predicted octanol–water partition coefficient (Wildman–Crippen LogP) is 7.36. The molecule has 2 atom stereocenters. The topological polar surface area (TPSA) is 58.6 Å². The van der Waals surface area contributed by atoms with E-state index in [1.54, 1.807) is 47.4 Å². The third-order valence-electron chi connectivity index (χ3n) is 6.28. The molecule has 0 radical (unpaired) electrons. The van der Waals surface area contributed by atoms with Gasteiger partial charge < -0.3 is 15.0 Å². The van der Waals surface area contributed by atoms with Crippen LogP contribution in [-0.2, 0) is 22.6 Å². The van der Waals surface area contributed by atoms with Crippen LogP contribution in [-0.4, -0.2) is 35.4 Å². The summed E-state index contributed by atoms with van der Waals surface area (Å²) in [6, 6.07) is 21.2. The van der Waals surface area contributed by atoms with Gasteiger partial charge in [-0.3, -0.25) is 9.59 Å². The molecule has 8 heteroatoms. The van der Waals surface area contributed by atoms with Crippen molar-refractivity contribution < 1.29 is 14.3 Å². The summed E-state index contributed by atoms with van der Waals surface area (Å²) >= 11 is 18.9. The number of halogens is 3. The minimum absolute atomic E-state index is 0.0330. The third kappa shape index (κ3) is 8.93. The zero-order chi connectivity index (χ0) is 27.5. The van der Waals surface area contributed by atoms with Gasteiger partial charge in [-0.05, 0) is 61.7 Å². The van der Waals surface area contributed by atoms with Crippen LogP contribution < -0.4 is 10.1 Å². The van der Waals surface area contributed by atoms with Crippen LogP contribution in [0, 0.1) is 0 Å². The Morgan fingerprint density at radius 3 is 2.21 bits per heavy atom.